The van der Waals surface area contributed by atoms with Crippen molar-refractivity contribution in [1.82, 2.24) is 4.90 Å². The Morgan fingerprint density at radius 2 is 2.00 bits per heavy atom. The van der Waals surface area contributed by atoms with Crippen molar-refractivity contribution in [2.75, 3.05) is 20.1 Å². The Labute approximate surface area is 110 Å². The largest absolute Gasteiger partial charge is 0.330 e. The number of nitrogens with zero attached hydrogens (tertiary/aromatic N) is 1. The lowest BCUT2D eigenvalue weighted by molar-refractivity contribution is 0.210. The molecule has 96 valence electrons. The van der Waals surface area contributed by atoms with Crippen LogP contribution in [0.3, 0.4) is 0 Å². The van der Waals surface area contributed by atoms with Gasteiger partial charge in [0.05, 0.1) is 0 Å². The van der Waals surface area contributed by atoms with Gasteiger partial charge in [-0.2, -0.15) is 0 Å². The number of rotatable bonds is 5. The highest BCUT2D eigenvalue weighted by molar-refractivity contribution is 6.31. The van der Waals surface area contributed by atoms with Crippen LogP contribution in [-0.2, 0) is 6.54 Å². The summed E-state index contributed by atoms with van der Waals surface area (Å²) in [5.41, 5.74) is 8.26. The van der Waals surface area contributed by atoms with E-state index in [-0.39, 0.29) is 5.41 Å². The molecular weight excluding hydrogens is 232 g/mol. The SMILES string of the molecule is Cc1ccc(CN(C)CC(C)(C)CN)c(Cl)c1. The average molecular weight is 255 g/mol. The molecule has 0 amide bonds. The minimum atomic E-state index is 0.145. The number of nitrogens with two attached hydrogens (primary N) is 1. The highest BCUT2D eigenvalue weighted by Crippen LogP contribution is 2.21. The lowest BCUT2D eigenvalue weighted by Crippen LogP contribution is -2.36. The summed E-state index contributed by atoms with van der Waals surface area (Å²) in [6, 6.07) is 6.21. The summed E-state index contributed by atoms with van der Waals surface area (Å²) in [6.07, 6.45) is 0. The maximum atomic E-state index is 6.23. The van der Waals surface area contributed by atoms with Crippen LogP contribution in [0.2, 0.25) is 5.02 Å². The Kier molecular flexibility index (Phi) is 4.99. The minimum Gasteiger partial charge on any atom is -0.330 e. The first kappa shape index (κ1) is 14.5. The lowest BCUT2D eigenvalue weighted by Gasteiger charge is -2.29. The van der Waals surface area contributed by atoms with Gasteiger partial charge in [0, 0.05) is 18.1 Å². The van der Waals surface area contributed by atoms with Gasteiger partial charge in [0.15, 0.2) is 0 Å². The van der Waals surface area contributed by atoms with E-state index in [1.54, 1.807) is 0 Å². The highest BCUT2D eigenvalue weighted by atomic mass is 35.5. The first-order chi connectivity index (χ1) is 7.84. The molecule has 17 heavy (non-hydrogen) atoms. The second kappa shape index (κ2) is 5.85. The lowest BCUT2D eigenvalue weighted by atomic mass is 9.93. The van der Waals surface area contributed by atoms with E-state index in [9.17, 15) is 0 Å². The fourth-order valence-electron chi connectivity index (χ4n) is 1.92. The number of benzene rings is 1. The fourth-order valence-corrected chi connectivity index (χ4v) is 2.22. The zero-order chi connectivity index (χ0) is 13.1. The summed E-state index contributed by atoms with van der Waals surface area (Å²) in [5.74, 6) is 0. The molecular formula is C14H23ClN2. The monoisotopic (exact) mass is 254 g/mol. The van der Waals surface area contributed by atoms with Gasteiger partial charge in [-0.15, -0.1) is 0 Å². The number of hydrogen-bond donors (Lipinski definition) is 1. The van der Waals surface area contributed by atoms with Crippen LogP contribution >= 0.6 is 11.6 Å². The van der Waals surface area contributed by atoms with Gasteiger partial charge in [0.2, 0.25) is 0 Å². The molecule has 0 bridgehead atoms. The van der Waals surface area contributed by atoms with Crippen molar-refractivity contribution in [3.05, 3.63) is 34.3 Å². The molecule has 0 heterocycles. The van der Waals surface area contributed by atoms with Crippen LogP contribution in [0.15, 0.2) is 18.2 Å². The molecule has 0 aliphatic carbocycles. The predicted octanol–water partition coefficient (Wildman–Crippen LogP) is 3.07. The number of halogens is 1. The van der Waals surface area contributed by atoms with Crippen LogP contribution in [0, 0.1) is 12.3 Å². The Morgan fingerprint density at radius 1 is 1.35 bits per heavy atom. The molecule has 0 saturated carbocycles. The third-order valence-electron chi connectivity index (χ3n) is 2.90. The first-order valence-electron chi connectivity index (χ1n) is 5.98. The van der Waals surface area contributed by atoms with E-state index in [0.717, 1.165) is 18.1 Å². The summed E-state index contributed by atoms with van der Waals surface area (Å²) < 4.78 is 0. The first-order valence-corrected chi connectivity index (χ1v) is 6.35. The van der Waals surface area contributed by atoms with Crippen LogP contribution in [-0.4, -0.2) is 25.0 Å². The highest BCUT2D eigenvalue weighted by Gasteiger charge is 2.18. The smallest absolute Gasteiger partial charge is 0.0453 e. The van der Waals surface area contributed by atoms with Crippen molar-refractivity contribution in [1.29, 1.82) is 0 Å². The van der Waals surface area contributed by atoms with Crippen molar-refractivity contribution in [3.63, 3.8) is 0 Å². The molecule has 2 N–H and O–H groups in total. The summed E-state index contributed by atoms with van der Waals surface area (Å²) in [6.45, 7) is 8.94. The van der Waals surface area contributed by atoms with Crippen molar-refractivity contribution in [2.24, 2.45) is 11.1 Å². The van der Waals surface area contributed by atoms with Crippen molar-refractivity contribution in [3.8, 4) is 0 Å². The second-order valence-electron chi connectivity index (χ2n) is 5.64. The van der Waals surface area contributed by atoms with Crippen LogP contribution in [0.1, 0.15) is 25.0 Å². The van der Waals surface area contributed by atoms with Crippen LogP contribution in [0.5, 0.6) is 0 Å². The standard InChI is InChI=1S/C14H23ClN2/c1-11-5-6-12(13(15)7-11)8-17(4)10-14(2,3)9-16/h5-7H,8-10,16H2,1-4H3. The molecule has 0 atom stereocenters. The van der Waals surface area contributed by atoms with Gasteiger partial charge >= 0.3 is 0 Å². The number of aryl methyl sites for hydroxylation is 1. The summed E-state index contributed by atoms with van der Waals surface area (Å²) in [4.78, 5) is 2.27. The van der Waals surface area contributed by atoms with Gasteiger partial charge in [0.25, 0.3) is 0 Å². The molecule has 1 rings (SSSR count). The third-order valence-corrected chi connectivity index (χ3v) is 3.25. The molecule has 0 spiro atoms. The number of hydrogen-bond acceptors (Lipinski definition) is 2. The van der Waals surface area contributed by atoms with Gasteiger partial charge in [-0.1, -0.05) is 37.6 Å². The topological polar surface area (TPSA) is 29.3 Å². The van der Waals surface area contributed by atoms with Crippen LogP contribution < -0.4 is 5.73 Å². The van der Waals surface area contributed by atoms with E-state index < -0.39 is 0 Å². The van der Waals surface area contributed by atoms with Crippen molar-refractivity contribution < 1.29 is 0 Å². The molecule has 1 aromatic carbocycles. The molecule has 0 saturated heterocycles. The van der Waals surface area contributed by atoms with E-state index in [2.05, 4.69) is 44.9 Å². The molecule has 0 fully saturated rings. The predicted molar refractivity (Wildman–Crippen MR) is 75.4 cm³/mol. The molecule has 3 heteroatoms. The summed E-state index contributed by atoms with van der Waals surface area (Å²) in [7, 11) is 2.10. The molecule has 0 aliphatic heterocycles. The van der Waals surface area contributed by atoms with Gasteiger partial charge in [-0.3, -0.25) is 0 Å². The Bertz CT molecular complexity index is 374. The van der Waals surface area contributed by atoms with Crippen LogP contribution in [0.4, 0.5) is 0 Å². The third kappa shape index (κ3) is 4.66. The molecule has 0 aliphatic rings. The van der Waals surface area contributed by atoms with E-state index in [1.807, 2.05) is 6.07 Å². The van der Waals surface area contributed by atoms with Gasteiger partial charge in [0.1, 0.15) is 0 Å². The second-order valence-corrected chi connectivity index (χ2v) is 6.04. The minimum absolute atomic E-state index is 0.145. The molecule has 0 aromatic heterocycles. The zero-order valence-electron chi connectivity index (χ0n) is 11.3. The van der Waals surface area contributed by atoms with Gasteiger partial charge in [-0.25, -0.2) is 0 Å². The van der Waals surface area contributed by atoms with E-state index in [4.69, 9.17) is 17.3 Å². The van der Waals surface area contributed by atoms with E-state index in [1.165, 1.54) is 11.1 Å². The van der Waals surface area contributed by atoms with Crippen molar-refractivity contribution in [2.45, 2.75) is 27.3 Å². The van der Waals surface area contributed by atoms with Crippen LogP contribution in [0.25, 0.3) is 0 Å². The zero-order valence-corrected chi connectivity index (χ0v) is 12.0. The maximum absolute atomic E-state index is 6.23. The van der Waals surface area contributed by atoms with Crippen molar-refractivity contribution >= 4 is 11.6 Å². The quantitative estimate of drug-likeness (QED) is 0.875. The van der Waals surface area contributed by atoms with Gasteiger partial charge in [-0.05, 0) is 43.1 Å². The van der Waals surface area contributed by atoms with E-state index >= 15 is 0 Å². The molecule has 0 unspecified atom stereocenters. The molecule has 2 nitrogen and oxygen atoms in total. The molecule has 1 aromatic rings. The maximum Gasteiger partial charge on any atom is 0.0453 e. The van der Waals surface area contributed by atoms with Gasteiger partial charge < -0.3 is 10.6 Å². The average Bonchev–Trinajstić information content (AvgIpc) is 2.21. The Balaban J connectivity index is 2.65. The summed E-state index contributed by atoms with van der Waals surface area (Å²) >= 11 is 6.23. The normalized spacial score (nSPS) is 12.2. The fraction of sp³-hybridized carbons (Fsp3) is 0.571. The van der Waals surface area contributed by atoms with E-state index in [0.29, 0.717) is 6.54 Å². The Hall–Kier alpha value is -0.570. The molecule has 0 radical (unpaired) electrons. The Morgan fingerprint density at radius 3 is 2.53 bits per heavy atom. The summed E-state index contributed by atoms with van der Waals surface area (Å²) in [5, 5.41) is 0.849.